The molecule has 0 saturated carbocycles. The zero-order valence-corrected chi connectivity index (χ0v) is 66.9. The number of aliphatic imine (C=N–C) groups is 2. The fourth-order valence-electron chi connectivity index (χ4n) is 12.8. The fourth-order valence-corrected chi connectivity index (χ4v) is 12.8. The van der Waals surface area contributed by atoms with Gasteiger partial charge in [-0.3, -0.25) is 57.3 Å². The third kappa shape index (κ3) is 17.0. The van der Waals surface area contributed by atoms with Crippen LogP contribution in [-0.4, -0.2) is 179 Å². The van der Waals surface area contributed by atoms with Crippen LogP contribution in [0.25, 0.3) is 112 Å². The van der Waals surface area contributed by atoms with Crippen molar-refractivity contribution in [2.24, 2.45) is 86.7 Å². The average Bonchev–Trinajstić information content (AvgIpc) is 1.63. The summed E-state index contributed by atoms with van der Waals surface area (Å²) in [5.41, 5.74) is 48.9. The summed E-state index contributed by atoms with van der Waals surface area (Å²) in [4.78, 5) is 93.4. The van der Waals surface area contributed by atoms with Gasteiger partial charge in [-0.1, -0.05) is 6.92 Å². The molecule has 0 aliphatic heterocycles. The molecule has 0 aromatic carbocycles. The van der Waals surface area contributed by atoms with E-state index in [1.165, 1.54) is 0 Å². The van der Waals surface area contributed by atoms with Crippen molar-refractivity contribution in [2.45, 2.75) is 101 Å². The first-order valence-electron chi connectivity index (χ1n) is 36.7. The number of fused-ring (bicyclic) bond motifs is 4. The second-order valence-electron chi connectivity index (χ2n) is 27.3. The minimum atomic E-state index is -0.618. The Bertz CT molecular complexity index is 6110. The Morgan fingerprint density at radius 2 is 0.851 bits per heavy atom. The van der Waals surface area contributed by atoms with Crippen LogP contribution in [0.4, 0.5) is 0 Å². The standard InChI is InChI=1S/C20H24N8O.C19H24N8O2.C19H22N8O.C19H24N8O/c1-6-28-17(7-12(4)25-28)15-10-27(11(2)3)20(24-15)18-13-9-22-26(5)16(13)8-14(23-18)19(21)29;1-11(20)7-13(22-5-6-29-4)15-10-26(2)19(25-15)17-12-9-23-27(3)16(12)8-14(24-17)18(21)28;1-5-6-27-16(7-11(2)24-27)14-10-25(3)19(23-14)17-12-9-21-26(4)15(12)8-13(22-17)18(20)28;1-5-22-13(7-11(3)20)15-10-27(6-2)19(25-15)17-12-9-23-26(4)16(12)8-14(24-17)18(21)28/h7-11H,6H2,1-5H3,(H2,21,29);7-10H,5-6,20H2,1-4H3,(H2,21,28);7-10H,5-6H2,1-4H3,(H2,20,28);7-10H,5-6,20H2,1-4H3,(H2,21,28). The van der Waals surface area contributed by atoms with Gasteiger partial charge < -0.3 is 57.4 Å². The van der Waals surface area contributed by atoms with E-state index in [4.69, 9.17) is 59.1 Å². The van der Waals surface area contributed by atoms with Gasteiger partial charge in [0.15, 0.2) is 23.3 Å². The van der Waals surface area contributed by atoms with Gasteiger partial charge >= 0.3 is 0 Å². The van der Waals surface area contributed by atoms with E-state index in [9.17, 15) is 19.2 Å². The zero-order chi connectivity index (χ0) is 82.4. The Labute approximate surface area is 655 Å². The van der Waals surface area contributed by atoms with Crippen molar-refractivity contribution in [3.8, 4) is 68.8 Å². The average molecular weight is 1550 g/mol. The SMILES string of the molecule is CCCn1nc(C)cc1-c1cn(C)c(-c2nc(C(N)=O)cc3c2cnn3C)n1.CCN=C(C=C(C)N)c1cn(CC)c(-c2nc(C(N)=O)cc3c2cnn3C)n1.CCn1nc(C)cc1-c1cn(C(C)C)c(-c2nc(C(N)=O)cc3c2cnn3C)n1.COCCN=C(C=C(C)N)c1cn(C)c(-c2nc(C(N)=O)cc3c2cnn3C)n1. The first-order chi connectivity index (χ1) is 54.3. The monoisotopic (exact) mass is 1550 g/mol. The number of imidazole rings is 4. The molecule has 37 nitrogen and oxygen atoms in total. The van der Waals surface area contributed by atoms with Crippen LogP contribution in [0.3, 0.4) is 0 Å². The summed E-state index contributed by atoms with van der Waals surface area (Å²) in [5.74, 6) is 0.0819. The predicted molar refractivity (Wildman–Crippen MR) is 435 cm³/mol. The van der Waals surface area contributed by atoms with Crippen LogP contribution in [0.1, 0.15) is 133 Å². The van der Waals surface area contributed by atoms with E-state index in [1.807, 2.05) is 123 Å². The molecule has 114 heavy (non-hydrogen) atoms. The van der Waals surface area contributed by atoms with Gasteiger partial charge in [0.05, 0.1) is 94.2 Å². The number of primary amides is 4. The number of aryl methyl sites for hydroxylation is 11. The smallest absolute Gasteiger partial charge is 0.267 e. The van der Waals surface area contributed by atoms with Gasteiger partial charge in [-0.2, -0.15) is 30.6 Å². The largest absolute Gasteiger partial charge is 0.402 e. The maximum atomic E-state index is 11.9. The van der Waals surface area contributed by atoms with Crippen molar-refractivity contribution in [2.75, 3.05) is 26.8 Å². The number of carbonyl (C=O) groups excluding carboxylic acids is 4. The first-order valence-corrected chi connectivity index (χ1v) is 36.7. The summed E-state index contributed by atoms with van der Waals surface area (Å²) in [6, 6.07) is 10.7. The number of allylic oxidation sites excluding steroid dienone is 4. The number of nitrogens with zero attached hydrogens (tertiary/aromatic N) is 26. The maximum absolute atomic E-state index is 11.9. The van der Waals surface area contributed by atoms with Crippen LogP contribution in [-0.2, 0) is 66.7 Å². The molecule has 37 heteroatoms. The quantitative estimate of drug-likeness (QED) is 0.0273. The highest BCUT2D eigenvalue weighted by Crippen LogP contribution is 2.35. The summed E-state index contributed by atoms with van der Waals surface area (Å²) in [6.45, 7) is 23.6. The van der Waals surface area contributed by atoms with Gasteiger partial charge in [0.25, 0.3) is 23.6 Å². The lowest BCUT2D eigenvalue weighted by Gasteiger charge is -2.12. The molecule has 14 aromatic rings. The summed E-state index contributed by atoms with van der Waals surface area (Å²) in [7, 11) is 12.6. The molecular weight excluding hydrogens is 1450 g/mol. The summed E-state index contributed by atoms with van der Waals surface area (Å²) < 4.78 is 23.4. The summed E-state index contributed by atoms with van der Waals surface area (Å²) in [5, 5.41) is 29.4. The molecule has 0 spiro atoms. The minimum absolute atomic E-state index is 0.135. The molecule has 14 aromatic heterocycles. The van der Waals surface area contributed by atoms with E-state index in [2.05, 4.69) is 85.9 Å². The molecule has 0 aliphatic carbocycles. The van der Waals surface area contributed by atoms with Crippen molar-refractivity contribution in [1.82, 2.24) is 117 Å². The van der Waals surface area contributed by atoms with Crippen LogP contribution in [0.2, 0.25) is 0 Å². The second-order valence-corrected chi connectivity index (χ2v) is 27.3. The molecule has 12 N–H and O–H groups in total. The number of aromatic nitrogens is 24. The first kappa shape index (κ1) is 81.0. The van der Waals surface area contributed by atoms with Crippen molar-refractivity contribution < 1.29 is 23.9 Å². The maximum Gasteiger partial charge on any atom is 0.267 e. The molecule has 592 valence electrons. The van der Waals surface area contributed by atoms with Crippen LogP contribution >= 0.6 is 0 Å². The van der Waals surface area contributed by atoms with Gasteiger partial charge in [0.1, 0.15) is 68.3 Å². The molecule has 14 rings (SSSR count). The van der Waals surface area contributed by atoms with Gasteiger partial charge in [-0.15, -0.1) is 0 Å². The number of pyridine rings is 4. The topological polar surface area (TPSA) is 488 Å². The lowest BCUT2D eigenvalue weighted by atomic mass is 10.2. The molecule has 14 heterocycles. The minimum Gasteiger partial charge on any atom is -0.402 e. The highest BCUT2D eigenvalue weighted by atomic mass is 16.5. The number of hydrogen-bond acceptors (Lipinski definition) is 23. The second kappa shape index (κ2) is 34.1. The fraction of sp³-hybridized carbons (Fsp3) is 0.325. The number of nitrogens with two attached hydrogens (primary N) is 6. The molecule has 0 unspecified atom stereocenters. The highest BCUT2D eigenvalue weighted by Gasteiger charge is 2.27. The Kier molecular flexibility index (Phi) is 24.2. The Balaban J connectivity index is 0.000000150. The molecule has 4 amide bonds. The normalized spacial score (nSPS) is 12.1. The lowest BCUT2D eigenvalue weighted by Crippen LogP contribution is -2.14. The molecule has 0 saturated heterocycles. The van der Waals surface area contributed by atoms with Crippen LogP contribution in [0.5, 0.6) is 0 Å². The van der Waals surface area contributed by atoms with Crippen LogP contribution in [0.15, 0.2) is 120 Å². The lowest BCUT2D eigenvalue weighted by molar-refractivity contribution is 0.0987. The number of carbonyl (C=O) groups is 4. The number of methoxy groups -OCH3 is 1. The molecular formula is C77H94N32O5. The Morgan fingerprint density at radius 1 is 0.465 bits per heavy atom. The zero-order valence-electron chi connectivity index (χ0n) is 66.9. The van der Waals surface area contributed by atoms with E-state index in [1.54, 1.807) is 115 Å². The van der Waals surface area contributed by atoms with Crippen LogP contribution in [0, 0.1) is 13.8 Å². The van der Waals surface area contributed by atoms with Gasteiger partial charge in [-0.05, 0) is 117 Å². The Hall–Kier alpha value is -14.0. The van der Waals surface area contributed by atoms with Crippen molar-refractivity contribution in [3.63, 3.8) is 0 Å². The van der Waals surface area contributed by atoms with Crippen LogP contribution < -0.4 is 34.4 Å². The third-order valence-corrected chi connectivity index (χ3v) is 18.2. The molecule has 0 atom stereocenters. The number of ether oxygens (including phenoxy) is 1. The van der Waals surface area contributed by atoms with E-state index in [0.717, 1.165) is 97.3 Å². The van der Waals surface area contributed by atoms with E-state index >= 15 is 0 Å². The third-order valence-electron chi connectivity index (χ3n) is 18.2. The Morgan fingerprint density at radius 3 is 1.26 bits per heavy atom. The highest BCUT2D eigenvalue weighted by molar-refractivity contribution is 6.09. The van der Waals surface area contributed by atoms with Crippen molar-refractivity contribution in [3.05, 3.63) is 155 Å². The number of rotatable bonds is 23. The van der Waals surface area contributed by atoms with E-state index in [0.29, 0.717) is 107 Å². The molecule has 0 radical (unpaired) electrons. The van der Waals surface area contributed by atoms with Gasteiger partial charge in [0.2, 0.25) is 0 Å². The van der Waals surface area contributed by atoms with Crippen molar-refractivity contribution in [1.29, 1.82) is 0 Å². The molecule has 0 fully saturated rings. The molecule has 0 aliphatic rings. The van der Waals surface area contributed by atoms with Gasteiger partial charge in [0, 0.05) is 139 Å². The summed E-state index contributed by atoms with van der Waals surface area (Å²) in [6.07, 6.45) is 19.1. The molecule has 0 bridgehead atoms. The predicted octanol–water partition coefficient (Wildman–Crippen LogP) is 7.14. The number of amides is 4. The number of hydrogen-bond donors (Lipinski definition) is 6. The van der Waals surface area contributed by atoms with E-state index < -0.39 is 23.6 Å². The van der Waals surface area contributed by atoms with Crippen molar-refractivity contribution >= 4 is 78.7 Å². The van der Waals surface area contributed by atoms with E-state index in [-0.39, 0.29) is 28.8 Å². The van der Waals surface area contributed by atoms with Gasteiger partial charge in [-0.25, -0.2) is 39.9 Å². The summed E-state index contributed by atoms with van der Waals surface area (Å²) >= 11 is 0.